The Balaban J connectivity index is 1.38. The monoisotopic (exact) mass is 594 g/mol. The van der Waals surface area contributed by atoms with Crippen molar-refractivity contribution in [2.24, 2.45) is 5.92 Å². The molecule has 0 aliphatic carbocycles. The maximum Gasteiger partial charge on any atom is 0.416 e. The van der Waals surface area contributed by atoms with Crippen molar-refractivity contribution in [2.75, 3.05) is 55.4 Å². The second-order valence-electron chi connectivity index (χ2n) is 10.9. The third kappa shape index (κ3) is 7.11. The molecule has 10 nitrogen and oxygen atoms in total. The number of alkyl halides is 3. The molecule has 0 unspecified atom stereocenters. The van der Waals surface area contributed by atoms with E-state index < -0.39 is 17.6 Å². The number of fused-ring (bicyclic) bond motifs is 1. The number of hydrogen-bond acceptors (Lipinski definition) is 9. The number of carbonyl (C=O) groups excluding carboxylic acids is 1. The van der Waals surface area contributed by atoms with Crippen LogP contribution in [0.4, 0.5) is 36.1 Å². The number of benzene rings is 2. The number of carbonyl (C=O) groups is 1. The number of halogens is 3. The Hall–Kier alpha value is -4.52. The molecule has 0 spiro atoms. The molecule has 0 radical (unpaired) electrons. The van der Waals surface area contributed by atoms with E-state index in [0.29, 0.717) is 47.2 Å². The second-order valence-corrected chi connectivity index (χ2v) is 10.9. The van der Waals surface area contributed by atoms with Crippen LogP contribution in [0.3, 0.4) is 0 Å². The minimum Gasteiger partial charge on any atom is -0.467 e. The average Bonchev–Trinajstić information content (AvgIpc) is 2.97. The van der Waals surface area contributed by atoms with Crippen LogP contribution in [0.5, 0.6) is 6.01 Å². The van der Waals surface area contributed by atoms with Gasteiger partial charge in [0.05, 0.1) is 18.9 Å². The van der Waals surface area contributed by atoms with Crippen molar-refractivity contribution in [1.82, 2.24) is 24.8 Å². The number of rotatable bonds is 8. The number of piperazine rings is 1. The summed E-state index contributed by atoms with van der Waals surface area (Å²) in [5, 5.41) is 5.86. The quantitative estimate of drug-likeness (QED) is 0.272. The molecule has 1 fully saturated rings. The molecule has 1 aliphatic rings. The lowest BCUT2D eigenvalue weighted by Crippen LogP contribution is -2.47. The summed E-state index contributed by atoms with van der Waals surface area (Å²) in [6.07, 6.45) is -1.69. The number of hydrogen-bond donors (Lipinski definition) is 2. The Morgan fingerprint density at radius 3 is 2.51 bits per heavy atom. The van der Waals surface area contributed by atoms with Crippen molar-refractivity contribution in [3.8, 4) is 6.01 Å². The molecular weight excluding hydrogens is 561 g/mol. The van der Waals surface area contributed by atoms with Crippen molar-refractivity contribution in [1.29, 1.82) is 0 Å². The molecule has 1 amide bonds. The van der Waals surface area contributed by atoms with Gasteiger partial charge in [0.2, 0.25) is 0 Å². The molecule has 4 aromatic rings. The maximum absolute atomic E-state index is 13.9. The van der Waals surface area contributed by atoms with Gasteiger partial charge >= 0.3 is 12.2 Å². The van der Waals surface area contributed by atoms with Crippen molar-refractivity contribution >= 4 is 39.8 Å². The van der Waals surface area contributed by atoms with E-state index in [4.69, 9.17) is 4.74 Å². The molecule has 2 aromatic carbocycles. The van der Waals surface area contributed by atoms with Crippen LogP contribution in [0.15, 0.2) is 48.9 Å². The number of nitrogens with one attached hydrogen (secondary N) is 2. The van der Waals surface area contributed by atoms with Crippen LogP contribution >= 0.6 is 0 Å². The van der Waals surface area contributed by atoms with Crippen molar-refractivity contribution in [3.63, 3.8) is 0 Å². The average molecular weight is 595 g/mol. The number of amides is 1. The summed E-state index contributed by atoms with van der Waals surface area (Å²) >= 11 is 0. The van der Waals surface area contributed by atoms with Gasteiger partial charge in [-0.2, -0.15) is 18.2 Å². The van der Waals surface area contributed by atoms with Crippen LogP contribution in [-0.4, -0.2) is 70.6 Å². The highest BCUT2D eigenvalue weighted by Gasteiger charge is 2.32. The van der Waals surface area contributed by atoms with Gasteiger partial charge in [0.25, 0.3) is 5.91 Å². The summed E-state index contributed by atoms with van der Waals surface area (Å²) in [5.41, 5.74) is 2.21. The van der Waals surface area contributed by atoms with Gasteiger partial charge in [-0.05, 0) is 48.7 Å². The first-order chi connectivity index (χ1) is 20.5. The minimum atomic E-state index is -4.57. The van der Waals surface area contributed by atoms with E-state index >= 15 is 0 Å². The third-order valence-electron chi connectivity index (χ3n) is 7.15. The number of anilines is 4. The molecule has 1 saturated heterocycles. The zero-order valence-electron chi connectivity index (χ0n) is 24.4. The Bertz CT molecular complexity index is 1620. The fraction of sp³-hybridized carbons (Fsp3) is 0.367. The van der Waals surface area contributed by atoms with Crippen molar-refractivity contribution in [3.05, 3.63) is 65.6 Å². The highest BCUT2D eigenvalue weighted by Crippen LogP contribution is 2.35. The van der Waals surface area contributed by atoms with E-state index in [1.807, 2.05) is 11.8 Å². The SMILES string of the molecule is COc1ncc2ncnc(Nc3cc(C(=O)Nc4cc(N5CCN(CC(C)C)CC5)cc(C(F)(F)F)c4)ccc3C)c2n1. The van der Waals surface area contributed by atoms with Gasteiger partial charge in [0.15, 0.2) is 5.82 Å². The number of nitrogens with zero attached hydrogens (tertiary/aromatic N) is 6. The highest BCUT2D eigenvalue weighted by molar-refractivity contribution is 6.05. The molecule has 1 aliphatic heterocycles. The summed E-state index contributed by atoms with van der Waals surface area (Å²) in [6, 6.07) is 8.81. The summed E-state index contributed by atoms with van der Waals surface area (Å²) in [4.78, 5) is 34.4. The van der Waals surface area contributed by atoms with Crippen LogP contribution in [0, 0.1) is 12.8 Å². The first kappa shape index (κ1) is 30.0. The predicted molar refractivity (Wildman–Crippen MR) is 159 cm³/mol. The summed E-state index contributed by atoms with van der Waals surface area (Å²) in [6.45, 7) is 9.80. The number of methoxy groups -OCH3 is 1. The smallest absolute Gasteiger partial charge is 0.416 e. The standard InChI is InChI=1S/C30H33F3N8O2/c1-18(2)16-40-7-9-41(10-8-40)23-13-21(30(31,32)33)12-22(14-23)37-28(42)20-6-5-19(3)24(11-20)38-27-26-25(35-17-36-27)15-34-29(39-26)43-4/h5-6,11-15,17-18H,7-10,16H2,1-4H3,(H,37,42)(H,35,36,38). The fourth-order valence-corrected chi connectivity index (χ4v) is 4.99. The van der Waals surface area contributed by atoms with Crippen molar-refractivity contribution in [2.45, 2.75) is 26.9 Å². The zero-order valence-corrected chi connectivity index (χ0v) is 24.4. The molecule has 3 heterocycles. The number of ether oxygens (including phenoxy) is 1. The second kappa shape index (κ2) is 12.4. The molecule has 43 heavy (non-hydrogen) atoms. The lowest BCUT2D eigenvalue weighted by Gasteiger charge is -2.37. The Morgan fingerprint density at radius 2 is 1.81 bits per heavy atom. The molecule has 2 aromatic heterocycles. The van der Waals surface area contributed by atoms with Crippen LogP contribution < -0.4 is 20.3 Å². The Labute approximate surface area is 247 Å². The summed E-state index contributed by atoms with van der Waals surface area (Å²) < 4.78 is 46.7. The van der Waals surface area contributed by atoms with E-state index in [1.165, 1.54) is 19.6 Å². The lowest BCUT2D eigenvalue weighted by molar-refractivity contribution is -0.137. The van der Waals surface area contributed by atoms with Gasteiger partial charge in [-0.15, -0.1) is 0 Å². The first-order valence-electron chi connectivity index (χ1n) is 13.9. The van der Waals surface area contributed by atoms with Crippen LogP contribution in [-0.2, 0) is 6.18 Å². The normalized spacial score (nSPS) is 14.3. The fourth-order valence-electron chi connectivity index (χ4n) is 4.99. The molecule has 2 N–H and O–H groups in total. The van der Waals surface area contributed by atoms with Crippen LogP contribution in [0.2, 0.25) is 0 Å². The van der Waals surface area contributed by atoms with Crippen LogP contribution in [0.1, 0.15) is 35.3 Å². The van der Waals surface area contributed by atoms with E-state index in [9.17, 15) is 18.0 Å². The molecule has 0 saturated carbocycles. The topological polar surface area (TPSA) is 108 Å². The molecule has 13 heteroatoms. The van der Waals surface area contributed by atoms with Gasteiger partial charge in [0, 0.05) is 55.3 Å². The van der Waals surface area contributed by atoms with Gasteiger partial charge < -0.3 is 20.3 Å². The predicted octanol–water partition coefficient (Wildman–Crippen LogP) is 5.53. The largest absolute Gasteiger partial charge is 0.467 e. The minimum absolute atomic E-state index is 0.0695. The molecular formula is C30H33F3N8O2. The van der Waals surface area contributed by atoms with E-state index in [0.717, 1.165) is 37.3 Å². The molecule has 0 atom stereocenters. The van der Waals surface area contributed by atoms with Gasteiger partial charge in [-0.1, -0.05) is 19.9 Å². The molecule has 0 bridgehead atoms. The van der Waals surface area contributed by atoms with Gasteiger partial charge in [0.1, 0.15) is 17.4 Å². The Morgan fingerprint density at radius 1 is 1.05 bits per heavy atom. The first-order valence-corrected chi connectivity index (χ1v) is 13.9. The molecule has 5 rings (SSSR count). The number of aromatic nitrogens is 4. The number of aryl methyl sites for hydroxylation is 1. The zero-order chi connectivity index (χ0) is 30.7. The van der Waals surface area contributed by atoms with E-state index in [-0.39, 0.29) is 17.3 Å². The van der Waals surface area contributed by atoms with E-state index in [2.05, 4.69) is 49.3 Å². The summed E-state index contributed by atoms with van der Waals surface area (Å²) in [5.74, 6) is 0.339. The van der Waals surface area contributed by atoms with Gasteiger partial charge in [-0.3, -0.25) is 9.69 Å². The van der Waals surface area contributed by atoms with Crippen molar-refractivity contribution < 1.29 is 22.7 Å². The lowest BCUT2D eigenvalue weighted by atomic mass is 10.1. The summed E-state index contributed by atoms with van der Waals surface area (Å²) in [7, 11) is 1.45. The van der Waals surface area contributed by atoms with Gasteiger partial charge in [-0.25, -0.2) is 15.0 Å². The maximum atomic E-state index is 13.9. The van der Waals surface area contributed by atoms with Crippen LogP contribution in [0.25, 0.3) is 11.0 Å². The highest BCUT2D eigenvalue weighted by atomic mass is 19.4. The van der Waals surface area contributed by atoms with E-state index in [1.54, 1.807) is 24.3 Å². The Kier molecular flexibility index (Phi) is 8.62. The third-order valence-corrected chi connectivity index (χ3v) is 7.15. The molecule has 226 valence electrons.